The number of ketones is 1. The Morgan fingerprint density at radius 3 is 2.40 bits per heavy atom. The number of amides is 4. The number of nitrogens with one attached hydrogen (secondary N) is 4. The number of fused-ring (bicyclic) bond motifs is 1. The Morgan fingerprint density at radius 2 is 1.64 bits per heavy atom. The summed E-state index contributed by atoms with van der Waals surface area (Å²) in [6, 6.07) is 13.6. The fourth-order valence-corrected chi connectivity index (χ4v) is 6.42. The topological polar surface area (TPSA) is 147 Å². The fourth-order valence-electron chi connectivity index (χ4n) is 6.22. The molecule has 1 unspecified atom stereocenters. The van der Waals surface area contributed by atoms with Crippen LogP contribution in [0.15, 0.2) is 59.0 Å². The van der Waals surface area contributed by atoms with Crippen LogP contribution >= 0.6 is 11.6 Å². The predicted molar refractivity (Wildman–Crippen MR) is 169 cm³/mol. The van der Waals surface area contributed by atoms with Gasteiger partial charge in [0.1, 0.15) is 11.6 Å². The maximum absolute atomic E-state index is 13.9. The number of para-hydroxylation sites is 1. The third kappa shape index (κ3) is 8.51. The number of rotatable bonds is 12. The summed E-state index contributed by atoms with van der Waals surface area (Å²) < 4.78 is 5.73. The average molecular weight is 635 g/mol. The van der Waals surface area contributed by atoms with E-state index in [4.69, 9.17) is 16.0 Å². The van der Waals surface area contributed by atoms with E-state index in [9.17, 15) is 24.0 Å². The number of hydrogen-bond acceptors (Lipinski definition) is 6. The molecule has 1 saturated carbocycles. The quantitative estimate of drug-likeness (QED) is 0.217. The third-order valence-electron chi connectivity index (χ3n) is 8.74. The van der Waals surface area contributed by atoms with Gasteiger partial charge in [-0.15, -0.1) is 0 Å². The van der Waals surface area contributed by atoms with Crippen LogP contribution in [0.25, 0.3) is 11.0 Å². The van der Waals surface area contributed by atoms with E-state index in [0.717, 1.165) is 43.9 Å². The molecular weight excluding hydrogens is 596 g/mol. The number of halogens is 1. The van der Waals surface area contributed by atoms with Crippen LogP contribution in [0, 0.1) is 11.8 Å². The lowest BCUT2D eigenvalue weighted by atomic mass is 9.84. The molecule has 238 valence electrons. The van der Waals surface area contributed by atoms with Gasteiger partial charge in [-0.2, -0.15) is 0 Å². The number of piperidine rings is 1. The lowest BCUT2D eigenvalue weighted by Gasteiger charge is -2.29. The van der Waals surface area contributed by atoms with Gasteiger partial charge in [0, 0.05) is 29.4 Å². The molecular formula is C34H39ClN4O6. The number of hydrogen-bond donors (Lipinski definition) is 4. The molecule has 2 aliphatic rings. The summed E-state index contributed by atoms with van der Waals surface area (Å²) in [5.41, 5.74) is 1.18. The summed E-state index contributed by atoms with van der Waals surface area (Å²) in [5, 5.41) is 12.2. The lowest BCUT2D eigenvalue weighted by Crippen LogP contribution is -2.55. The Bertz CT molecular complexity index is 1520. The van der Waals surface area contributed by atoms with Crippen LogP contribution in [0.5, 0.6) is 0 Å². The number of carbonyl (C=O) groups excluding carboxylic acids is 5. The van der Waals surface area contributed by atoms with Gasteiger partial charge in [0.05, 0.1) is 6.04 Å². The van der Waals surface area contributed by atoms with Crippen LogP contribution < -0.4 is 21.3 Å². The summed E-state index contributed by atoms with van der Waals surface area (Å²) in [4.78, 5) is 66.4. The van der Waals surface area contributed by atoms with Crippen molar-refractivity contribution in [2.24, 2.45) is 11.8 Å². The molecule has 0 bridgehead atoms. The highest BCUT2D eigenvalue weighted by Gasteiger charge is 2.36. The first-order valence-corrected chi connectivity index (χ1v) is 16.1. The van der Waals surface area contributed by atoms with Crippen molar-refractivity contribution in [2.45, 2.75) is 76.4 Å². The second-order valence-corrected chi connectivity index (χ2v) is 12.4. The zero-order valence-electron chi connectivity index (χ0n) is 25.1. The van der Waals surface area contributed by atoms with Crippen LogP contribution in [0.3, 0.4) is 0 Å². The molecule has 0 radical (unpaired) electrons. The van der Waals surface area contributed by atoms with Gasteiger partial charge < -0.3 is 25.7 Å². The zero-order valence-corrected chi connectivity index (χ0v) is 25.9. The molecule has 10 nitrogen and oxygen atoms in total. The first-order valence-electron chi connectivity index (χ1n) is 15.7. The zero-order chi connectivity index (χ0) is 31.8. The summed E-state index contributed by atoms with van der Waals surface area (Å²) >= 11 is 6.21. The Balaban J connectivity index is 1.33. The molecule has 4 amide bonds. The van der Waals surface area contributed by atoms with E-state index in [1.165, 1.54) is 0 Å². The summed E-state index contributed by atoms with van der Waals surface area (Å²) in [5.74, 6) is -3.38. The van der Waals surface area contributed by atoms with E-state index >= 15 is 0 Å². The lowest BCUT2D eigenvalue weighted by molar-refractivity contribution is -0.141. The average Bonchev–Trinajstić information content (AvgIpc) is 3.49. The molecule has 3 aromatic rings. The highest BCUT2D eigenvalue weighted by atomic mass is 35.5. The highest BCUT2D eigenvalue weighted by Crippen LogP contribution is 2.28. The van der Waals surface area contributed by atoms with Crippen molar-refractivity contribution in [3.05, 3.63) is 70.9 Å². The van der Waals surface area contributed by atoms with Crippen molar-refractivity contribution in [1.82, 2.24) is 21.3 Å². The maximum atomic E-state index is 13.9. The van der Waals surface area contributed by atoms with Gasteiger partial charge in [0.15, 0.2) is 5.76 Å². The smallest absolute Gasteiger partial charge is 0.289 e. The van der Waals surface area contributed by atoms with Crippen LogP contribution in [0.4, 0.5) is 0 Å². The van der Waals surface area contributed by atoms with Gasteiger partial charge in [-0.25, -0.2) is 0 Å². The summed E-state index contributed by atoms with van der Waals surface area (Å²) in [6.45, 7) is 0.558. The molecule has 11 heteroatoms. The predicted octanol–water partition coefficient (Wildman–Crippen LogP) is 4.44. The first kappa shape index (κ1) is 32.2. The molecule has 1 aromatic heterocycles. The largest absolute Gasteiger partial charge is 0.451 e. The van der Waals surface area contributed by atoms with E-state index in [0.29, 0.717) is 35.6 Å². The number of benzene rings is 2. The van der Waals surface area contributed by atoms with E-state index in [1.807, 2.05) is 12.1 Å². The molecule has 0 spiro atoms. The second kappa shape index (κ2) is 15.2. The Morgan fingerprint density at radius 1 is 0.889 bits per heavy atom. The van der Waals surface area contributed by atoms with Crippen LogP contribution in [-0.2, 0) is 25.7 Å². The second-order valence-electron chi connectivity index (χ2n) is 12.0. The van der Waals surface area contributed by atoms with Crippen molar-refractivity contribution >= 4 is 52.0 Å². The minimum absolute atomic E-state index is 0.0205. The number of furan rings is 1. The molecule has 2 aromatic carbocycles. The molecule has 45 heavy (non-hydrogen) atoms. The standard InChI is InChI=1S/C34H39ClN4O6/c35-25-14-6-4-12-24(25)20-37-34(44)30(40)26(18-23-13-8-16-36-31(23)41)38-32(42)27(17-21-9-2-1-3-10-21)39-33(43)29-19-22-11-5-7-15-28(22)45-29/h4-7,11-12,14-15,19,21,23,26-27H,1-3,8-10,13,16-18,20H2,(H,36,41)(H,37,44)(H,38,42)(H,39,43)/t23-,26?,27-/m0/s1. The molecule has 1 aliphatic heterocycles. The highest BCUT2D eigenvalue weighted by molar-refractivity contribution is 6.38. The SMILES string of the molecule is O=C(NCc1ccccc1Cl)C(=O)C(C[C@@H]1CCCNC1=O)NC(=O)[C@H](CC1CCCCC1)NC(=O)c1cc2ccccc2o1. The summed E-state index contributed by atoms with van der Waals surface area (Å²) in [7, 11) is 0. The normalized spacial score (nSPS) is 18.4. The fraction of sp³-hybridized carbons (Fsp3) is 0.441. The minimum Gasteiger partial charge on any atom is -0.451 e. The van der Waals surface area contributed by atoms with Gasteiger partial charge in [-0.3, -0.25) is 24.0 Å². The maximum Gasteiger partial charge on any atom is 0.289 e. The number of carbonyl (C=O) groups is 5. The van der Waals surface area contributed by atoms with E-state index in [1.54, 1.807) is 42.5 Å². The molecule has 1 saturated heterocycles. The Kier molecular flexibility index (Phi) is 10.9. The Labute approximate surface area is 267 Å². The van der Waals surface area contributed by atoms with Gasteiger partial charge >= 0.3 is 0 Å². The first-order chi connectivity index (χ1) is 21.8. The van der Waals surface area contributed by atoms with Crippen molar-refractivity contribution in [2.75, 3.05) is 6.54 Å². The monoisotopic (exact) mass is 634 g/mol. The van der Waals surface area contributed by atoms with E-state index in [2.05, 4.69) is 21.3 Å². The van der Waals surface area contributed by atoms with Gasteiger partial charge in [-0.1, -0.05) is 80.1 Å². The van der Waals surface area contributed by atoms with Crippen LogP contribution in [-0.4, -0.2) is 48.0 Å². The third-order valence-corrected chi connectivity index (χ3v) is 9.11. The van der Waals surface area contributed by atoms with Crippen molar-refractivity contribution < 1.29 is 28.4 Å². The number of Topliss-reactive ketones (excluding diaryl/α,β-unsaturated/α-hetero) is 1. The molecule has 4 N–H and O–H groups in total. The molecule has 2 fully saturated rings. The van der Waals surface area contributed by atoms with Crippen LogP contribution in [0.1, 0.15) is 73.9 Å². The van der Waals surface area contributed by atoms with Gasteiger partial charge in [-0.05, 0) is 55.4 Å². The molecule has 2 heterocycles. The van der Waals surface area contributed by atoms with Gasteiger partial charge in [0.25, 0.3) is 11.8 Å². The van der Waals surface area contributed by atoms with Crippen LogP contribution in [0.2, 0.25) is 5.02 Å². The van der Waals surface area contributed by atoms with E-state index < -0.39 is 41.5 Å². The van der Waals surface area contributed by atoms with Crippen molar-refractivity contribution in [1.29, 1.82) is 0 Å². The van der Waals surface area contributed by atoms with Crippen molar-refractivity contribution in [3.63, 3.8) is 0 Å². The minimum atomic E-state index is -1.27. The molecule has 1 aliphatic carbocycles. The molecule has 5 rings (SSSR count). The van der Waals surface area contributed by atoms with Gasteiger partial charge in [0.2, 0.25) is 17.6 Å². The molecule has 3 atom stereocenters. The summed E-state index contributed by atoms with van der Waals surface area (Å²) in [6.07, 6.45) is 6.66. The Hall–Kier alpha value is -4.18. The van der Waals surface area contributed by atoms with Crippen molar-refractivity contribution in [3.8, 4) is 0 Å². The van der Waals surface area contributed by atoms with E-state index in [-0.39, 0.29) is 30.6 Å².